The number of ketones is 1. The van der Waals surface area contributed by atoms with Crippen molar-refractivity contribution >= 4 is 22.3 Å². The van der Waals surface area contributed by atoms with E-state index in [1.54, 1.807) is 13.1 Å². The van der Waals surface area contributed by atoms with E-state index in [4.69, 9.17) is 0 Å². The first-order valence-electron chi connectivity index (χ1n) is 5.52. The molecule has 0 radical (unpaired) electrons. The minimum Gasteiger partial charge on any atom is -0.339 e. The van der Waals surface area contributed by atoms with E-state index in [2.05, 4.69) is 34.1 Å². The van der Waals surface area contributed by atoms with Crippen molar-refractivity contribution < 1.29 is 4.79 Å². The minimum absolute atomic E-state index is 0.0884. The summed E-state index contributed by atoms with van der Waals surface area (Å²) in [6.07, 6.45) is 1.67. The first kappa shape index (κ1) is 10.5. The van der Waals surface area contributed by atoms with Crippen molar-refractivity contribution in [1.29, 1.82) is 0 Å². The summed E-state index contributed by atoms with van der Waals surface area (Å²) >= 11 is 1.47. The number of aromatic nitrogens is 1. The summed E-state index contributed by atoms with van der Waals surface area (Å²) < 4.78 is 0. The molecular weight excluding hydrogens is 232 g/mol. The van der Waals surface area contributed by atoms with Crippen LogP contribution in [0.1, 0.15) is 27.7 Å². The molecule has 0 atom stereocenters. The summed E-state index contributed by atoms with van der Waals surface area (Å²) in [5, 5.41) is 0.936. The highest BCUT2D eigenvalue weighted by molar-refractivity contribution is 7.17. The molecule has 1 aromatic carbocycles. The van der Waals surface area contributed by atoms with E-state index < -0.39 is 0 Å². The molecule has 0 unspecified atom stereocenters. The molecular formula is C13H12N2OS. The second kappa shape index (κ2) is 3.96. The maximum absolute atomic E-state index is 11.2. The van der Waals surface area contributed by atoms with Crippen molar-refractivity contribution in [2.75, 3.05) is 4.90 Å². The monoisotopic (exact) mass is 244 g/mol. The van der Waals surface area contributed by atoms with Gasteiger partial charge in [0.05, 0.1) is 11.1 Å². The average Bonchev–Trinajstić information content (AvgIpc) is 2.95. The van der Waals surface area contributed by atoms with Crippen molar-refractivity contribution in [3.63, 3.8) is 0 Å². The number of hydrogen-bond acceptors (Lipinski definition) is 4. The van der Waals surface area contributed by atoms with Gasteiger partial charge in [-0.2, -0.15) is 0 Å². The van der Waals surface area contributed by atoms with Crippen LogP contribution >= 0.6 is 11.3 Å². The van der Waals surface area contributed by atoms with Crippen molar-refractivity contribution in [2.24, 2.45) is 0 Å². The number of fused-ring (bicyclic) bond motifs is 1. The number of carbonyl (C=O) groups excluding carboxylic acids is 1. The lowest BCUT2D eigenvalue weighted by Gasteiger charge is -2.12. The molecule has 0 bridgehead atoms. The zero-order valence-corrected chi connectivity index (χ0v) is 10.3. The molecule has 0 N–H and O–H groups in total. The van der Waals surface area contributed by atoms with Crippen LogP contribution in [0.25, 0.3) is 0 Å². The Hall–Kier alpha value is -1.68. The van der Waals surface area contributed by atoms with E-state index in [1.807, 2.05) is 0 Å². The fourth-order valence-corrected chi connectivity index (χ4v) is 2.85. The predicted octanol–water partition coefficient (Wildman–Crippen LogP) is 2.87. The Morgan fingerprint density at radius 3 is 2.47 bits per heavy atom. The number of carbonyl (C=O) groups is 1. The van der Waals surface area contributed by atoms with Gasteiger partial charge in [0.25, 0.3) is 0 Å². The molecule has 3 rings (SSSR count). The standard InChI is InChI=1S/C13H12N2OS/c1-9(16)12-6-14-13(17-12)15-7-10-4-2-3-5-11(10)8-15/h2-6H,7-8H2,1H3. The molecule has 1 aromatic heterocycles. The van der Waals surface area contributed by atoms with E-state index in [0.717, 1.165) is 23.1 Å². The summed E-state index contributed by atoms with van der Waals surface area (Å²) in [6, 6.07) is 8.42. The van der Waals surface area contributed by atoms with Gasteiger partial charge in [-0.3, -0.25) is 4.79 Å². The second-order valence-corrected chi connectivity index (χ2v) is 5.20. The van der Waals surface area contributed by atoms with E-state index in [1.165, 1.54) is 22.5 Å². The van der Waals surface area contributed by atoms with Gasteiger partial charge in [0.1, 0.15) is 0 Å². The van der Waals surface area contributed by atoms with Gasteiger partial charge >= 0.3 is 0 Å². The van der Waals surface area contributed by atoms with Gasteiger partial charge in [-0.25, -0.2) is 4.98 Å². The number of anilines is 1. The summed E-state index contributed by atoms with van der Waals surface area (Å²) in [7, 11) is 0. The van der Waals surface area contributed by atoms with Gasteiger partial charge in [0.2, 0.25) is 0 Å². The first-order valence-corrected chi connectivity index (χ1v) is 6.34. The van der Waals surface area contributed by atoms with Crippen LogP contribution in [-0.4, -0.2) is 10.8 Å². The Morgan fingerprint density at radius 2 is 1.94 bits per heavy atom. The third kappa shape index (κ3) is 1.85. The number of Topliss-reactive ketones (excluding diaryl/α,β-unsaturated/α-hetero) is 1. The molecule has 1 aliphatic rings. The maximum atomic E-state index is 11.2. The van der Waals surface area contributed by atoms with Crippen molar-refractivity contribution in [3.8, 4) is 0 Å². The number of hydrogen-bond donors (Lipinski definition) is 0. The molecule has 0 spiro atoms. The highest BCUT2D eigenvalue weighted by Gasteiger charge is 2.21. The topological polar surface area (TPSA) is 33.2 Å². The lowest BCUT2D eigenvalue weighted by molar-refractivity contribution is 0.102. The van der Waals surface area contributed by atoms with Gasteiger partial charge in [-0.15, -0.1) is 0 Å². The Labute approximate surface area is 104 Å². The molecule has 1 aliphatic heterocycles. The van der Waals surface area contributed by atoms with Crippen molar-refractivity contribution in [3.05, 3.63) is 46.5 Å². The van der Waals surface area contributed by atoms with Crippen LogP contribution in [0.4, 0.5) is 5.13 Å². The lowest BCUT2D eigenvalue weighted by atomic mass is 10.1. The zero-order chi connectivity index (χ0) is 11.8. The van der Waals surface area contributed by atoms with Crippen molar-refractivity contribution in [1.82, 2.24) is 4.98 Å². The van der Waals surface area contributed by atoms with Crippen LogP contribution in [-0.2, 0) is 13.1 Å². The Kier molecular flexibility index (Phi) is 2.44. The van der Waals surface area contributed by atoms with Gasteiger partial charge in [-0.1, -0.05) is 35.6 Å². The molecule has 2 heterocycles. The first-order chi connectivity index (χ1) is 8.24. The van der Waals surface area contributed by atoms with Gasteiger partial charge in [-0.05, 0) is 11.1 Å². The normalized spacial score (nSPS) is 13.8. The smallest absolute Gasteiger partial charge is 0.186 e. The van der Waals surface area contributed by atoms with E-state index in [-0.39, 0.29) is 5.78 Å². The molecule has 4 heteroatoms. The lowest BCUT2D eigenvalue weighted by Crippen LogP contribution is -2.13. The quantitative estimate of drug-likeness (QED) is 0.762. The van der Waals surface area contributed by atoms with E-state index in [0.29, 0.717) is 0 Å². The number of benzene rings is 1. The van der Waals surface area contributed by atoms with Gasteiger partial charge < -0.3 is 4.90 Å². The Balaban J connectivity index is 1.86. The molecule has 3 nitrogen and oxygen atoms in total. The molecule has 0 saturated carbocycles. The Bertz CT molecular complexity index is 551. The predicted molar refractivity (Wildman–Crippen MR) is 68.4 cm³/mol. The molecule has 86 valence electrons. The molecule has 0 saturated heterocycles. The number of nitrogens with zero attached hydrogens (tertiary/aromatic N) is 2. The van der Waals surface area contributed by atoms with Gasteiger partial charge in [0.15, 0.2) is 10.9 Å². The third-order valence-electron chi connectivity index (χ3n) is 2.95. The molecule has 0 aliphatic carbocycles. The summed E-state index contributed by atoms with van der Waals surface area (Å²) in [4.78, 5) is 18.5. The fourth-order valence-electron chi connectivity index (χ4n) is 2.04. The van der Waals surface area contributed by atoms with Crippen LogP contribution in [0, 0.1) is 0 Å². The molecule has 0 amide bonds. The Morgan fingerprint density at radius 1 is 1.29 bits per heavy atom. The highest BCUT2D eigenvalue weighted by Crippen LogP contribution is 2.31. The van der Waals surface area contributed by atoms with Crippen molar-refractivity contribution in [2.45, 2.75) is 20.0 Å². The average molecular weight is 244 g/mol. The van der Waals surface area contributed by atoms with E-state index in [9.17, 15) is 4.79 Å². The van der Waals surface area contributed by atoms with Crippen LogP contribution in [0.3, 0.4) is 0 Å². The van der Waals surface area contributed by atoms with E-state index >= 15 is 0 Å². The number of thiazole rings is 1. The van der Waals surface area contributed by atoms with Crippen LogP contribution in [0.15, 0.2) is 30.5 Å². The summed E-state index contributed by atoms with van der Waals surface area (Å²) in [5.41, 5.74) is 2.71. The van der Waals surface area contributed by atoms with Gasteiger partial charge in [0, 0.05) is 20.0 Å². The minimum atomic E-state index is 0.0884. The van der Waals surface area contributed by atoms with Crippen LogP contribution in [0.5, 0.6) is 0 Å². The third-order valence-corrected chi connectivity index (χ3v) is 4.11. The fraction of sp³-hybridized carbons (Fsp3) is 0.231. The summed E-state index contributed by atoms with van der Waals surface area (Å²) in [5.74, 6) is 0.0884. The largest absolute Gasteiger partial charge is 0.339 e. The summed E-state index contributed by atoms with van der Waals surface area (Å²) in [6.45, 7) is 3.36. The second-order valence-electron chi connectivity index (χ2n) is 4.19. The molecule has 17 heavy (non-hydrogen) atoms. The molecule has 0 fully saturated rings. The van der Waals surface area contributed by atoms with Crippen LogP contribution < -0.4 is 4.90 Å². The zero-order valence-electron chi connectivity index (χ0n) is 9.51. The SMILES string of the molecule is CC(=O)c1cnc(N2Cc3ccccc3C2)s1. The maximum Gasteiger partial charge on any atom is 0.186 e. The highest BCUT2D eigenvalue weighted by atomic mass is 32.1. The number of rotatable bonds is 2. The molecule has 2 aromatic rings. The van der Waals surface area contributed by atoms with Crippen LogP contribution in [0.2, 0.25) is 0 Å².